The third-order valence-corrected chi connectivity index (χ3v) is 3.22. The second-order valence-electron chi connectivity index (χ2n) is 4.74. The molecule has 0 bridgehead atoms. The van der Waals surface area contributed by atoms with Crippen LogP contribution < -0.4 is 5.32 Å². The van der Waals surface area contributed by atoms with Crippen LogP contribution in [0, 0.1) is 17.0 Å². The van der Waals surface area contributed by atoms with Gasteiger partial charge in [-0.25, -0.2) is 4.98 Å². The molecule has 0 aliphatic heterocycles. The summed E-state index contributed by atoms with van der Waals surface area (Å²) >= 11 is 0. The number of nitrogens with zero attached hydrogens (tertiary/aromatic N) is 2. The summed E-state index contributed by atoms with van der Waals surface area (Å²) in [7, 11) is 0. The van der Waals surface area contributed by atoms with Crippen molar-refractivity contribution in [2.75, 3.05) is 5.32 Å². The Hall–Kier alpha value is -2.17. The van der Waals surface area contributed by atoms with E-state index in [4.69, 9.17) is 0 Å². The van der Waals surface area contributed by atoms with Crippen LogP contribution >= 0.6 is 0 Å². The Kier molecular flexibility index (Phi) is 3.64. The van der Waals surface area contributed by atoms with Gasteiger partial charge in [0.15, 0.2) is 0 Å². The molecule has 0 amide bonds. The number of aromatic nitrogens is 1. The average molecular weight is 259 g/mol. The van der Waals surface area contributed by atoms with Crippen molar-refractivity contribution < 1.29 is 4.92 Å². The molecule has 2 rings (SSSR count). The number of nitro benzene ring substituents is 1. The lowest BCUT2D eigenvalue weighted by Crippen LogP contribution is -2.14. The highest BCUT2D eigenvalue weighted by atomic mass is 16.6. The van der Waals surface area contributed by atoms with Gasteiger partial charge in [0.25, 0.3) is 5.69 Å². The quantitative estimate of drug-likeness (QED) is 0.672. The van der Waals surface area contributed by atoms with Gasteiger partial charge in [-0.3, -0.25) is 10.1 Å². The van der Waals surface area contributed by atoms with Crippen LogP contribution in [0.3, 0.4) is 0 Å². The number of hydrogen-bond acceptors (Lipinski definition) is 4. The van der Waals surface area contributed by atoms with Gasteiger partial charge in [-0.1, -0.05) is 6.92 Å². The number of aryl methyl sites for hydroxylation is 1. The van der Waals surface area contributed by atoms with Crippen molar-refractivity contribution in [2.24, 2.45) is 0 Å². The molecule has 2 aromatic rings. The molecule has 0 radical (unpaired) electrons. The van der Waals surface area contributed by atoms with E-state index in [1.54, 1.807) is 12.1 Å². The minimum atomic E-state index is -0.385. The molecule has 19 heavy (non-hydrogen) atoms. The molecule has 5 heteroatoms. The minimum absolute atomic E-state index is 0.0973. The van der Waals surface area contributed by atoms with Crippen LogP contribution in [0.25, 0.3) is 10.9 Å². The second-order valence-corrected chi connectivity index (χ2v) is 4.74. The van der Waals surface area contributed by atoms with Gasteiger partial charge in [0, 0.05) is 23.6 Å². The van der Waals surface area contributed by atoms with E-state index >= 15 is 0 Å². The Morgan fingerprint density at radius 3 is 2.79 bits per heavy atom. The van der Waals surface area contributed by atoms with Crippen LogP contribution in [0.5, 0.6) is 0 Å². The lowest BCUT2D eigenvalue weighted by Gasteiger charge is -2.13. The Morgan fingerprint density at radius 2 is 2.16 bits per heavy atom. The van der Waals surface area contributed by atoms with E-state index in [1.165, 1.54) is 6.07 Å². The lowest BCUT2D eigenvalue weighted by molar-refractivity contribution is -0.384. The molecule has 1 atom stereocenters. The summed E-state index contributed by atoms with van der Waals surface area (Å²) in [6.45, 7) is 6.14. The van der Waals surface area contributed by atoms with Crippen LogP contribution in [0.1, 0.15) is 25.8 Å². The van der Waals surface area contributed by atoms with Gasteiger partial charge in [0.2, 0.25) is 0 Å². The molecule has 1 aromatic carbocycles. The molecule has 0 saturated heterocycles. The van der Waals surface area contributed by atoms with Crippen molar-refractivity contribution in [3.8, 4) is 0 Å². The predicted molar refractivity (Wildman–Crippen MR) is 76.5 cm³/mol. The monoisotopic (exact) mass is 259 g/mol. The van der Waals surface area contributed by atoms with Gasteiger partial charge < -0.3 is 5.32 Å². The van der Waals surface area contributed by atoms with Gasteiger partial charge in [-0.15, -0.1) is 0 Å². The molecule has 0 aliphatic carbocycles. The molecule has 1 unspecified atom stereocenters. The number of nitrogens with one attached hydrogen (secondary N) is 1. The third kappa shape index (κ3) is 2.81. The lowest BCUT2D eigenvalue weighted by atomic mass is 10.1. The number of anilines is 1. The van der Waals surface area contributed by atoms with Crippen LogP contribution in [0.2, 0.25) is 0 Å². The highest BCUT2D eigenvalue weighted by Crippen LogP contribution is 2.25. The number of rotatable bonds is 4. The SMILES string of the molecule is CCC(C)Nc1cc(C)c2cc([N+](=O)[O-])ccc2n1. The summed E-state index contributed by atoms with van der Waals surface area (Å²) < 4.78 is 0. The maximum absolute atomic E-state index is 10.8. The van der Waals surface area contributed by atoms with E-state index in [2.05, 4.69) is 24.1 Å². The molecule has 1 N–H and O–H groups in total. The zero-order valence-corrected chi connectivity index (χ0v) is 11.3. The average Bonchev–Trinajstić information content (AvgIpc) is 2.38. The maximum Gasteiger partial charge on any atom is 0.270 e. The van der Waals surface area contributed by atoms with E-state index in [0.717, 1.165) is 28.7 Å². The van der Waals surface area contributed by atoms with E-state index in [-0.39, 0.29) is 10.6 Å². The molecule has 1 aromatic heterocycles. The summed E-state index contributed by atoms with van der Waals surface area (Å²) in [5.41, 5.74) is 1.86. The van der Waals surface area contributed by atoms with Gasteiger partial charge in [-0.05, 0) is 38.0 Å². The summed E-state index contributed by atoms with van der Waals surface area (Å²) in [5, 5.41) is 14.9. The molecular weight excluding hydrogens is 242 g/mol. The zero-order chi connectivity index (χ0) is 14.0. The second kappa shape index (κ2) is 5.22. The van der Waals surface area contributed by atoms with Crippen molar-refractivity contribution in [1.82, 2.24) is 4.98 Å². The molecule has 0 spiro atoms. The fourth-order valence-corrected chi connectivity index (χ4v) is 1.92. The van der Waals surface area contributed by atoms with Crippen LogP contribution in [0.15, 0.2) is 24.3 Å². The van der Waals surface area contributed by atoms with E-state index in [0.29, 0.717) is 6.04 Å². The Labute approximate surface area is 111 Å². The van der Waals surface area contributed by atoms with Crippen LogP contribution in [-0.2, 0) is 0 Å². The standard InChI is InChI=1S/C14H17N3O2/c1-4-10(3)15-14-7-9(2)12-8-11(17(18)19)5-6-13(12)16-14/h5-8,10H,4H2,1-3H3,(H,15,16). The largest absolute Gasteiger partial charge is 0.368 e. The number of pyridine rings is 1. The summed E-state index contributed by atoms with van der Waals surface area (Å²) in [6.07, 6.45) is 1.01. The maximum atomic E-state index is 10.8. The summed E-state index contributed by atoms with van der Waals surface area (Å²) in [4.78, 5) is 14.9. The topological polar surface area (TPSA) is 68.1 Å². The van der Waals surface area contributed by atoms with Crippen molar-refractivity contribution in [3.63, 3.8) is 0 Å². The normalized spacial score (nSPS) is 12.4. The first-order chi connectivity index (χ1) is 9.01. The van der Waals surface area contributed by atoms with E-state index in [9.17, 15) is 10.1 Å². The first-order valence-corrected chi connectivity index (χ1v) is 6.33. The van der Waals surface area contributed by atoms with Gasteiger partial charge in [0.1, 0.15) is 5.82 Å². The molecule has 0 aliphatic rings. The van der Waals surface area contributed by atoms with Crippen LogP contribution in [0.4, 0.5) is 11.5 Å². The molecule has 1 heterocycles. The Morgan fingerprint density at radius 1 is 1.42 bits per heavy atom. The molecule has 100 valence electrons. The van der Waals surface area contributed by atoms with Gasteiger partial charge >= 0.3 is 0 Å². The molecule has 0 fully saturated rings. The van der Waals surface area contributed by atoms with Crippen molar-refractivity contribution in [3.05, 3.63) is 39.9 Å². The smallest absolute Gasteiger partial charge is 0.270 e. The zero-order valence-electron chi connectivity index (χ0n) is 11.3. The number of non-ortho nitro benzene ring substituents is 1. The third-order valence-electron chi connectivity index (χ3n) is 3.22. The number of benzene rings is 1. The summed E-state index contributed by atoms with van der Waals surface area (Å²) in [6, 6.07) is 7.04. The first-order valence-electron chi connectivity index (χ1n) is 6.33. The Bertz CT molecular complexity index is 625. The Balaban J connectivity index is 2.47. The fraction of sp³-hybridized carbons (Fsp3) is 0.357. The van der Waals surface area contributed by atoms with E-state index in [1.807, 2.05) is 13.0 Å². The first kappa shape index (κ1) is 13.3. The number of hydrogen-bond donors (Lipinski definition) is 1. The van der Waals surface area contributed by atoms with Crippen molar-refractivity contribution >= 4 is 22.4 Å². The number of nitro groups is 1. The highest BCUT2D eigenvalue weighted by molar-refractivity contribution is 5.85. The highest BCUT2D eigenvalue weighted by Gasteiger charge is 2.10. The molecule has 0 saturated carbocycles. The summed E-state index contributed by atoms with van der Waals surface area (Å²) in [5.74, 6) is 0.813. The fourth-order valence-electron chi connectivity index (χ4n) is 1.92. The van der Waals surface area contributed by atoms with Gasteiger partial charge in [-0.2, -0.15) is 0 Å². The van der Waals surface area contributed by atoms with Crippen LogP contribution in [-0.4, -0.2) is 15.9 Å². The van der Waals surface area contributed by atoms with Crippen molar-refractivity contribution in [1.29, 1.82) is 0 Å². The number of fused-ring (bicyclic) bond motifs is 1. The van der Waals surface area contributed by atoms with Gasteiger partial charge in [0.05, 0.1) is 10.4 Å². The predicted octanol–water partition coefficient (Wildman–Crippen LogP) is 3.66. The minimum Gasteiger partial charge on any atom is -0.368 e. The van der Waals surface area contributed by atoms with E-state index < -0.39 is 0 Å². The molecule has 5 nitrogen and oxygen atoms in total. The molecular formula is C14H17N3O2. The van der Waals surface area contributed by atoms with Crippen molar-refractivity contribution in [2.45, 2.75) is 33.2 Å².